The first-order valence-electron chi connectivity index (χ1n) is 7.00. The molecule has 2 amide bonds. The average molecular weight is 269 g/mol. The summed E-state index contributed by atoms with van der Waals surface area (Å²) in [6.07, 6.45) is 2.49. The summed E-state index contributed by atoms with van der Waals surface area (Å²) in [5.41, 5.74) is -0.368. The number of hydrogen-bond donors (Lipinski definition) is 1. The first-order chi connectivity index (χ1) is 9.13. The molecule has 2 heterocycles. The molecule has 6 nitrogen and oxygen atoms in total. The molecule has 0 radical (unpaired) electrons. The molecule has 0 aliphatic carbocycles. The molecular weight excluding hydrogens is 246 g/mol. The summed E-state index contributed by atoms with van der Waals surface area (Å²) in [6.45, 7) is 5.27. The summed E-state index contributed by atoms with van der Waals surface area (Å²) >= 11 is 0. The molecule has 1 N–H and O–H groups in total. The third-order valence-corrected chi connectivity index (χ3v) is 4.26. The summed E-state index contributed by atoms with van der Waals surface area (Å²) in [4.78, 5) is 27.6. The van der Waals surface area contributed by atoms with Crippen molar-refractivity contribution < 1.29 is 14.3 Å². The molecule has 2 fully saturated rings. The summed E-state index contributed by atoms with van der Waals surface area (Å²) in [5.74, 6) is 0.192. The molecule has 2 saturated heterocycles. The van der Waals surface area contributed by atoms with Gasteiger partial charge in [-0.3, -0.25) is 4.79 Å². The molecule has 0 aromatic rings. The number of rotatable bonds is 2. The molecule has 0 saturated carbocycles. The number of carbonyl (C=O) groups excluding carboxylic acids is 2. The molecule has 19 heavy (non-hydrogen) atoms. The first kappa shape index (κ1) is 14.1. The predicted octanol–water partition coefficient (Wildman–Crippen LogP) is 0.429. The lowest BCUT2D eigenvalue weighted by atomic mass is 9.92. The van der Waals surface area contributed by atoms with E-state index in [9.17, 15) is 9.59 Å². The van der Waals surface area contributed by atoms with Gasteiger partial charge in [0.2, 0.25) is 5.91 Å². The van der Waals surface area contributed by atoms with Crippen LogP contribution in [0.1, 0.15) is 26.2 Å². The summed E-state index contributed by atoms with van der Waals surface area (Å²) in [5, 5.41) is 3.37. The number of amides is 2. The number of nitrogens with zero attached hydrogens (tertiary/aromatic N) is 2. The van der Waals surface area contributed by atoms with Gasteiger partial charge in [-0.15, -0.1) is 0 Å². The van der Waals surface area contributed by atoms with Crippen molar-refractivity contribution in [3.8, 4) is 0 Å². The van der Waals surface area contributed by atoms with Crippen LogP contribution in [0.2, 0.25) is 0 Å². The fourth-order valence-corrected chi connectivity index (χ4v) is 2.97. The van der Waals surface area contributed by atoms with Gasteiger partial charge in [-0.2, -0.15) is 0 Å². The Morgan fingerprint density at radius 2 is 1.84 bits per heavy atom. The molecule has 0 spiro atoms. The van der Waals surface area contributed by atoms with E-state index in [-0.39, 0.29) is 17.5 Å². The minimum Gasteiger partial charge on any atom is -0.453 e. The molecule has 0 aromatic carbocycles. The van der Waals surface area contributed by atoms with E-state index < -0.39 is 0 Å². The summed E-state index contributed by atoms with van der Waals surface area (Å²) < 4.78 is 4.70. The van der Waals surface area contributed by atoms with Crippen molar-refractivity contribution >= 4 is 12.0 Å². The van der Waals surface area contributed by atoms with Crippen LogP contribution in [0.15, 0.2) is 0 Å². The zero-order chi connectivity index (χ0) is 13.9. The highest BCUT2D eigenvalue weighted by atomic mass is 16.5. The Balaban J connectivity index is 1.94. The Morgan fingerprint density at radius 3 is 2.32 bits per heavy atom. The second kappa shape index (κ2) is 5.77. The minimum atomic E-state index is -0.368. The lowest BCUT2D eigenvalue weighted by Gasteiger charge is -2.39. The highest BCUT2D eigenvalue weighted by Crippen LogP contribution is 2.26. The van der Waals surface area contributed by atoms with E-state index in [1.54, 1.807) is 4.90 Å². The Morgan fingerprint density at radius 1 is 1.21 bits per heavy atom. The second-order valence-corrected chi connectivity index (χ2v) is 5.22. The molecule has 2 aliphatic rings. The van der Waals surface area contributed by atoms with E-state index in [0.29, 0.717) is 26.2 Å². The third kappa shape index (κ3) is 2.68. The van der Waals surface area contributed by atoms with Gasteiger partial charge in [0.1, 0.15) is 0 Å². The maximum atomic E-state index is 12.6. The van der Waals surface area contributed by atoms with Crippen molar-refractivity contribution in [3.63, 3.8) is 0 Å². The Hall–Kier alpha value is -1.30. The van der Waals surface area contributed by atoms with Gasteiger partial charge in [0, 0.05) is 26.2 Å². The fourth-order valence-electron chi connectivity index (χ4n) is 2.97. The molecule has 1 atom stereocenters. The van der Waals surface area contributed by atoms with Crippen LogP contribution in [0.5, 0.6) is 0 Å². The quantitative estimate of drug-likeness (QED) is 0.789. The van der Waals surface area contributed by atoms with Crippen LogP contribution in [-0.4, -0.2) is 67.2 Å². The Labute approximate surface area is 114 Å². The van der Waals surface area contributed by atoms with E-state index in [1.807, 2.05) is 4.90 Å². The van der Waals surface area contributed by atoms with Gasteiger partial charge in [-0.25, -0.2) is 4.79 Å². The second-order valence-electron chi connectivity index (χ2n) is 5.22. The van der Waals surface area contributed by atoms with Gasteiger partial charge in [0.25, 0.3) is 0 Å². The van der Waals surface area contributed by atoms with Crippen molar-refractivity contribution in [2.75, 3.05) is 39.8 Å². The molecule has 0 aromatic heterocycles. The van der Waals surface area contributed by atoms with Gasteiger partial charge in [0.15, 0.2) is 0 Å². The number of nitrogens with one attached hydrogen (secondary N) is 1. The first-order valence-corrected chi connectivity index (χ1v) is 7.00. The van der Waals surface area contributed by atoms with Crippen molar-refractivity contribution in [2.24, 2.45) is 0 Å². The minimum absolute atomic E-state index is 0.192. The third-order valence-electron chi connectivity index (χ3n) is 4.26. The SMILES string of the molecule is CCC1(C(=O)N2CCN(C(=O)OC)CC2)CCCN1. The number of methoxy groups -OCH3 is 1. The Kier molecular flexibility index (Phi) is 4.29. The highest BCUT2D eigenvalue weighted by Gasteiger charge is 2.42. The van der Waals surface area contributed by atoms with Crippen LogP contribution >= 0.6 is 0 Å². The largest absolute Gasteiger partial charge is 0.453 e. The van der Waals surface area contributed by atoms with E-state index in [1.165, 1.54) is 7.11 Å². The smallest absolute Gasteiger partial charge is 0.409 e. The van der Waals surface area contributed by atoms with E-state index in [0.717, 1.165) is 25.8 Å². The lowest BCUT2D eigenvalue weighted by molar-refractivity contribution is -0.139. The standard InChI is InChI=1S/C13H23N3O3/c1-3-13(5-4-6-14-13)11(17)15-7-9-16(10-8-15)12(18)19-2/h14H,3-10H2,1-2H3. The summed E-state index contributed by atoms with van der Waals surface area (Å²) in [6, 6.07) is 0. The van der Waals surface area contributed by atoms with Crippen LogP contribution in [0.25, 0.3) is 0 Å². The van der Waals surface area contributed by atoms with Gasteiger partial charge >= 0.3 is 6.09 Å². The van der Waals surface area contributed by atoms with Crippen molar-refractivity contribution in [1.29, 1.82) is 0 Å². The molecule has 2 rings (SSSR count). The highest BCUT2D eigenvalue weighted by molar-refractivity contribution is 5.87. The van der Waals surface area contributed by atoms with Crippen LogP contribution in [0, 0.1) is 0 Å². The van der Waals surface area contributed by atoms with Gasteiger partial charge in [-0.05, 0) is 25.8 Å². The molecule has 2 aliphatic heterocycles. The number of ether oxygens (including phenoxy) is 1. The molecular formula is C13H23N3O3. The topological polar surface area (TPSA) is 61.9 Å². The zero-order valence-electron chi connectivity index (χ0n) is 11.8. The molecule has 108 valence electrons. The zero-order valence-corrected chi connectivity index (χ0v) is 11.8. The van der Waals surface area contributed by atoms with Crippen LogP contribution in [-0.2, 0) is 9.53 Å². The monoisotopic (exact) mass is 269 g/mol. The fraction of sp³-hybridized carbons (Fsp3) is 0.846. The predicted molar refractivity (Wildman–Crippen MR) is 70.8 cm³/mol. The number of carbonyl (C=O) groups is 2. The van der Waals surface area contributed by atoms with Crippen LogP contribution in [0.3, 0.4) is 0 Å². The van der Waals surface area contributed by atoms with Crippen LogP contribution in [0.4, 0.5) is 4.79 Å². The molecule has 0 bridgehead atoms. The van der Waals surface area contributed by atoms with Gasteiger partial charge in [-0.1, -0.05) is 6.92 Å². The summed E-state index contributed by atoms with van der Waals surface area (Å²) in [7, 11) is 1.38. The van der Waals surface area contributed by atoms with Crippen molar-refractivity contribution in [2.45, 2.75) is 31.7 Å². The molecule has 1 unspecified atom stereocenters. The van der Waals surface area contributed by atoms with Crippen molar-refractivity contribution in [1.82, 2.24) is 15.1 Å². The van der Waals surface area contributed by atoms with Crippen LogP contribution < -0.4 is 5.32 Å². The normalized spacial score (nSPS) is 27.5. The van der Waals surface area contributed by atoms with Gasteiger partial charge in [0.05, 0.1) is 12.6 Å². The Bertz CT molecular complexity index is 345. The molecule has 6 heteroatoms. The van der Waals surface area contributed by atoms with E-state index in [4.69, 9.17) is 4.74 Å². The van der Waals surface area contributed by atoms with E-state index in [2.05, 4.69) is 12.2 Å². The maximum Gasteiger partial charge on any atom is 0.409 e. The lowest BCUT2D eigenvalue weighted by Crippen LogP contribution is -2.59. The van der Waals surface area contributed by atoms with E-state index >= 15 is 0 Å². The number of piperazine rings is 1. The number of hydrogen-bond acceptors (Lipinski definition) is 4. The van der Waals surface area contributed by atoms with Gasteiger partial charge < -0.3 is 19.9 Å². The average Bonchev–Trinajstić information content (AvgIpc) is 2.96. The maximum absolute atomic E-state index is 12.6. The van der Waals surface area contributed by atoms with Crippen molar-refractivity contribution in [3.05, 3.63) is 0 Å².